The van der Waals surface area contributed by atoms with Crippen molar-refractivity contribution in [2.24, 2.45) is 0 Å². The zero-order valence-corrected chi connectivity index (χ0v) is 11.8. The second kappa shape index (κ2) is 6.90. The lowest BCUT2D eigenvalue weighted by Gasteiger charge is -2.34. The van der Waals surface area contributed by atoms with Gasteiger partial charge in [-0.25, -0.2) is 0 Å². The van der Waals surface area contributed by atoms with E-state index in [1.54, 1.807) is 11.3 Å². The fourth-order valence-corrected chi connectivity index (χ4v) is 3.32. The molecule has 1 aliphatic rings. The third-order valence-electron chi connectivity index (χ3n) is 3.52. The summed E-state index contributed by atoms with van der Waals surface area (Å²) in [5, 5.41) is 5.16. The van der Waals surface area contributed by atoms with E-state index >= 15 is 0 Å². The Hall–Kier alpha value is -0.870. The van der Waals surface area contributed by atoms with Crippen molar-refractivity contribution in [2.45, 2.75) is 38.6 Å². The van der Waals surface area contributed by atoms with Gasteiger partial charge in [-0.3, -0.25) is 9.69 Å². The average Bonchev–Trinajstić information content (AvgIpc) is 2.94. The van der Waals surface area contributed by atoms with E-state index in [2.05, 4.69) is 27.7 Å². The van der Waals surface area contributed by atoms with Crippen LogP contribution in [-0.2, 0) is 4.79 Å². The Morgan fingerprint density at radius 2 is 2.22 bits per heavy atom. The summed E-state index contributed by atoms with van der Waals surface area (Å²) in [5.41, 5.74) is 0. The predicted octanol–water partition coefficient (Wildman–Crippen LogP) is 2.80. The standard InChI is InChI=1S/C14H22N2OS/c1-2-14(17)15-11-12(13-7-6-10-18-13)16-8-4-3-5-9-16/h6-7,10,12H,2-5,8-9,11H2,1H3,(H,15,17)/t12-/m1/s1. The number of piperidine rings is 1. The van der Waals surface area contributed by atoms with E-state index < -0.39 is 0 Å². The summed E-state index contributed by atoms with van der Waals surface area (Å²) in [5.74, 6) is 0.147. The maximum Gasteiger partial charge on any atom is 0.219 e. The lowest BCUT2D eigenvalue weighted by Crippen LogP contribution is -2.40. The van der Waals surface area contributed by atoms with Crippen LogP contribution in [0.15, 0.2) is 17.5 Å². The van der Waals surface area contributed by atoms with Gasteiger partial charge in [0.15, 0.2) is 0 Å². The number of rotatable bonds is 5. The number of nitrogens with one attached hydrogen (secondary N) is 1. The molecule has 1 aromatic rings. The third kappa shape index (κ3) is 3.56. The van der Waals surface area contributed by atoms with E-state index in [0.29, 0.717) is 12.5 Å². The minimum absolute atomic E-state index is 0.147. The van der Waals surface area contributed by atoms with Crippen molar-refractivity contribution in [3.8, 4) is 0 Å². The first-order valence-electron chi connectivity index (χ1n) is 6.85. The lowest BCUT2D eigenvalue weighted by molar-refractivity contribution is -0.121. The molecule has 0 saturated carbocycles. The first kappa shape index (κ1) is 13.6. The molecule has 0 radical (unpaired) electrons. The fraction of sp³-hybridized carbons (Fsp3) is 0.643. The molecule has 0 aliphatic carbocycles. The number of likely N-dealkylation sites (tertiary alicyclic amines) is 1. The summed E-state index contributed by atoms with van der Waals surface area (Å²) in [6.07, 6.45) is 4.47. The Morgan fingerprint density at radius 3 is 2.83 bits per heavy atom. The van der Waals surface area contributed by atoms with E-state index in [1.807, 2.05) is 6.92 Å². The fourth-order valence-electron chi connectivity index (χ4n) is 2.46. The van der Waals surface area contributed by atoms with Gasteiger partial charge >= 0.3 is 0 Å². The molecule has 1 N–H and O–H groups in total. The average molecular weight is 266 g/mol. The van der Waals surface area contributed by atoms with E-state index in [-0.39, 0.29) is 5.91 Å². The first-order valence-corrected chi connectivity index (χ1v) is 7.73. The van der Waals surface area contributed by atoms with Crippen molar-refractivity contribution in [3.63, 3.8) is 0 Å². The van der Waals surface area contributed by atoms with Gasteiger partial charge in [-0.05, 0) is 37.4 Å². The van der Waals surface area contributed by atoms with Gasteiger partial charge < -0.3 is 5.32 Å². The van der Waals surface area contributed by atoms with E-state index in [0.717, 1.165) is 19.6 Å². The molecule has 4 heteroatoms. The molecule has 2 rings (SSSR count). The number of hydrogen-bond donors (Lipinski definition) is 1. The van der Waals surface area contributed by atoms with Crippen LogP contribution in [0.2, 0.25) is 0 Å². The van der Waals surface area contributed by atoms with E-state index in [4.69, 9.17) is 0 Å². The topological polar surface area (TPSA) is 32.3 Å². The van der Waals surface area contributed by atoms with Crippen LogP contribution in [0.1, 0.15) is 43.5 Å². The highest BCUT2D eigenvalue weighted by molar-refractivity contribution is 7.10. The molecule has 1 fully saturated rings. The quantitative estimate of drug-likeness (QED) is 0.889. The highest BCUT2D eigenvalue weighted by Gasteiger charge is 2.23. The second-order valence-corrected chi connectivity index (χ2v) is 5.76. The van der Waals surface area contributed by atoms with Gasteiger partial charge in [-0.1, -0.05) is 19.4 Å². The van der Waals surface area contributed by atoms with Gasteiger partial charge in [0.25, 0.3) is 0 Å². The zero-order chi connectivity index (χ0) is 12.8. The van der Waals surface area contributed by atoms with Crippen LogP contribution < -0.4 is 5.32 Å². The van der Waals surface area contributed by atoms with Gasteiger partial charge in [0.05, 0.1) is 6.04 Å². The van der Waals surface area contributed by atoms with Crippen molar-refractivity contribution in [1.82, 2.24) is 10.2 Å². The molecule has 0 aromatic carbocycles. The van der Waals surface area contributed by atoms with Gasteiger partial charge in [0.2, 0.25) is 5.91 Å². The van der Waals surface area contributed by atoms with Crippen LogP contribution in [0, 0.1) is 0 Å². The van der Waals surface area contributed by atoms with Crippen LogP contribution >= 0.6 is 11.3 Å². The molecule has 3 nitrogen and oxygen atoms in total. The number of hydrogen-bond acceptors (Lipinski definition) is 3. The normalized spacial score (nSPS) is 18.5. The van der Waals surface area contributed by atoms with E-state index in [9.17, 15) is 4.79 Å². The molecular formula is C14H22N2OS. The minimum Gasteiger partial charge on any atom is -0.354 e. The summed E-state index contributed by atoms with van der Waals surface area (Å²) in [6.45, 7) is 4.96. The Balaban J connectivity index is 2.00. The third-order valence-corrected chi connectivity index (χ3v) is 4.49. The van der Waals surface area contributed by atoms with Crippen molar-refractivity contribution < 1.29 is 4.79 Å². The van der Waals surface area contributed by atoms with Gasteiger partial charge in [0.1, 0.15) is 0 Å². The summed E-state index contributed by atoms with van der Waals surface area (Å²) < 4.78 is 0. The summed E-state index contributed by atoms with van der Waals surface area (Å²) in [4.78, 5) is 15.3. The number of carbonyl (C=O) groups excluding carboxylic acids is 1. The summed E-state index contributed by atoms with van der Waals surface area (Å²) in [7, 11) is 0. The van der Waals surface area contributed by atoms with Gasteiger partial charge in [-0.2, -0.15) is 0 Å². The van der Waals surface area contributed by atoms with Gasteiger partial charge in [-0.15, -0.1) is 11.3 Å². The molecule has 1 aromatic heterocycles. The molecule has 1 saturated heterocycles. The molecule has 2 heterocycles. The highest BCUT2D eigenvalue weighted by Crippen LogP contribution is 2.27. The largest absolute Gasteiger partial charge is 0.354 e. The maximum absolute atomic E-state index is 11.4. The summed E-state index contributed by atoms with van der Waals surface area (Å²) in [6, 6.07) is 4.64. The molecular weight excluding hydrogens is 244 g/mol. The van der Waals surface area contributed by atoms with Gasteiger partial charge in [0, 0.05) is 17.8 Å². The molecule has 1 aliphatic heterocycles. The van der Waals surface area contributed by atoms with Crippen molar-refractivity contribution >= 4 is 17.2 Å². The Kier molecular flexibility index (Phi) is 5.20. The molecule has 0 unspecified atom stereocenters. The zero-order valence-electron chi connectivity index (χ0n) is 11.0. The maximum atomic E-state index is 11.4. The number of amides is 1. The predicted molar refractivity (Wildman–Crippen MR) is 75.8 cm³/mol. The lowest BCUT2D eigenvalue weighted by atomic mass is 10.1. The first-order chi connectivity index (χ1) is 8.81. The second-order valence-electron chi connectivity index (χ2n) is 4.79. The van der Waals surface area contributed by atoms with Crippen LogP contribution in [-0.4, -0.2) is 30.4 Å². The molecule has 0 spiro atoms. The van der Waals surface area contributed by atoms with Crippen molar-refractivity contribution in [2.75, 3.05) is 19.6 Å². The summed E-state index contributed by atoms with van der Waals surface area (Å²) >= 11 is 1.79. The minimum atomic E-state index is 0.147. The monoisotopic (exact) mass is 266 g/mol. The Bertz CT molecular complexity index is 358. The van der Waals surface area contributed by atoms with Crippen LogP contribution in [0.5, 0.6) is 0 Å². The Labute approximate surface area is 113 Å². The highest BCUT2D eigenvalue weighted by atomic mass is 32.1. The molecule has 100 valence electrons. The van der Waals surface area contributed by atoms with Crippen LogP contribution in [0.25, 0.3) is 0 Å². The number of carbonyl (C=O) groups is 1. The Morgan fingerprint density at radius 1 is 1.44 bits per heavy atom. The van der Waals surface area contributed by atoms with E-state index in [1.165, 1.54) is 24.1 Å². The van der Waals surface area contributed by atoms with Crippen LogP contribution in [0.4, 0.5) is 0 Å². The molecule has 18 heavy (non-hydrogen) atoms. The molecule has 0 bridgehead atoms. The SMILES string of the molecule is CCC(=O)NC[C@H](c1cccs1)N1CCCCC1. The van der Waals surface area contributed by atoms with Crippen molar-refractivity contribution in [3.05, 3.63) is 22.4 Å². The molecule has 1 atom stereocenters. The van der Waals surface area contributed by atoms with Crippen LogP contribution in [0.3, 0.4) is 0 Å². The molecule has 1 amide bonds. The number of nitrogens with zero attached hydrogens (tertiary/aromatic N) is 1. The van der Waals surface area contributed by atoms with Crippen molar-refractivity contribution in [1.29, 1.82) is 0 Å². The smallest absolute Gasteiger partial charge is 0.219 e. The number of thiophene rings is 1.